The summed E-state index contributed by atoms with van der Waals surface area (Å²) in [5.41, 5.74) is 5.88. The molecule has 0 saturated heterocycles. The number of amides is 1. The van der Waals surface area contributed by atoms with Gasteiger partial charge in [0, 0.05) is 19.3 Å². The van der Waals surface area contributed by atoms with Crippen LogP contribution in [-0.4, -0.2) is 32.8 Å². The fraction of sp³-hybridized carbons (Fsp3) is 0.533. The number of anilines is 1. The predicted molar refractivity (Wildman–Crippen MR) is 79.9 cm³/mol. The van der Waals surface area contributed by atoms with Crippen molar-refractivity contribution in [1.82, 2.24) is 0 Å². The molecule has 112 valence electrons. The molecule has 0 heterocycles. The highest BCUT2D eigenvalue weighted by Gasteiger charge is 2.29. The summed E-state index contributed by atoms with van der Waals surface area (Å²) in [6, 6.07) is 7.26. The Kier molecular flexibility index (Phi) is 6.48. The van der Waals surface area contributed by atoms with Crippen LogP contribution in [-0.2, 0) is 9.53 Å². The van der Waals surface area contributed by atoms with E-state index >= 15 is 0 Å². The van der Waals surface area contributed by atoms with Gasteiger partial charge in [-0.25, -0.2) is 0 Å². The van der Waals surface area contributed by atoms with Crippen molar-refractivity contribution in [2.75, 3.05) is 32.2 Å². The number of benzene rings is 1. The molecular formula is C15H24N2O3. The summed E-state index contributed by atoms with van der Waals surface area (Å²) in [6.07, 6.45) is 0.702. The van der Waals surface area contributed by atoms with E-state index in [0.29, 0.717) is 26.2 Å². The van der Waals surface area contributed by atoms with Gasteiger partial charge in [-0.3, -0.25) is 4.79 Å². The minimum Gasteiger partial charge on any atom is -0.491 e. The Morgan fingerprint density at radius 3 is 2.45 bits per heavy atom. The van der Waals surface area contributed by atoms with E-state index in [0.717, 1.165) is 11.4 Å². The summed E-state index contributed by atoms with van der Waals surface area (Å²) < 4.78 is 10.4. The fourth-order valence-corrected chi connectivity index (χ4v) is 1.56. The van der Waals surface area contributed by atoms with Crippen LogP contribution in [0.2, 0.25) is 0 Å². The lowest BCUT2D eigenvalue weighted by Gasteiger charge is -2.24. The largest absolute Gasteiger partial charge is 0.491 e. The van der Waals surface area contributed by atoms with E-state index in [1.807, 2.05) is 38.1 Å². The molecule has 0 aliphatic heterocycles. The average Bonchev–Trinajstić information content (AvgIpc) is 2.48. The number of nitrogens with one attached hydrogen (secondary N) is 1. The van der Waals surface area contributed by atoms with E-state index in [2.05, 4.69) is 5.32 Å². The number of nitrogens with two attached hydrogens (primary N) is 1. The summed E-state index contributed by atoms with van der Waals surface area (Å²) >= 11 is 0. The second-order valence-corrected chi connectivity index (χ2v) is 4.94. The standard InChI is InChI=1S/C15H24N2O3/c1-4-15(2,11-16)14(18)17-12-5-7-13(8-6-12)20-10-9-19-3/h5-8H,4,9-11,16H2,1-3H3,(H,17,18). The van der Waals surface area contributed by atoms with Crippen molar-refractivity contribution in [3.05, 3.63) is 24.3 Å². The summed E-state index contributed by atoms with van der Waals surface area (Å²) in [5.74, 6) is 0.688. The average molecular weight is 280 g/mol. The second kappa shape index (κ2) is 7.87. The highest BCUT2D eigenvalue weighted by molar-refractivity contribution is 5.95. The Balaban J connectivity index is 2.59. The predicted octanol–water partition coefficient (Wildman–Crippen LogP) is 2.03. The van der Waals surface area contributed by atoms with E-state index < -0.39 is 5.41 Å². The van der Waals surface area contributed by atoms with Crippen LogP contribution >= 0.6 is 0 Å². The van der Waals surface area contributed by atoms with Crippen molar-refractivity contribution in [3.63, 3.8) is 0 Å². The highest BCUT2D eigenvalue weighted by Crippen LogP contribution is 2.23. The van der Waals surface area contributed by atoms with Crippen molar-refractivity contribution in [2.45, 2.75) is 20.3 Å². The zero-order valence-electron chi connectivity index (χ0n) is 12.4. The van der Waals surface area contributed by atoms with Crippen molar-refractivity contribution in [3.8, 4) is 5.75 Å². The van der Waals surface area contributed by atoms with Crippen LogP contribution in [0.5, 0.6) is 5.75 Å². The van der Waals surface area contributed by atoms with Gasteiger partial charge >= 0.3 is 0 Å². The van der Waals surface area contributed by atoms with Crippen LogP contribution < -0.4 is 15.8 Å². The molecule has 0 radical (unpaired) electrons. The lowest BCUT2D eigenvalue weighted by Crippen LogP contribution is -2.39. The maximum atomic E-state index is 12.2. The van der Waals surface area contributed by atoms with Crippen LogP contribution in [0.25, 0.3) is 0 Å². The molecular weight excluding hydrogens is 256 g/mol. The molecule has 0 fully saturated rings. The van der Waals surface area contributed by atoms with E-state index in [9.17, 15) is 4.79 Å². The van der Waals surface area contributed by atoms with Gasteiger partial charge in [0.15, 0.2) is 0 Å². The first-order valence-corrected chi connectivity index (χ1v) is 6.79. The monoisotopic (exact) mass is 280 g/mol. The summed E-state index contributed by atoms with van der Waals surface area (Å²) in [7, 11) is 1.63. The van der Waals surface area contributed by atoms with Gasteiger partial charge in [-0.15, -0.1) is 0 Å². The number of methoxy groups -OCH3 is 1. The molecule has 1 atom stereocenters. The Hall–Kier alpha value is -1.59. The zero-order valence-corrected chi connectivity index (χ0v) is 12.4. The number of hydrogen-bond acceptors (Lipinski definition) is 4. The minimum atomic E-state index is -0.534. The number of ether oxygens (including phenoxy) is 2. The van der Waals surface area contributed by atoms with Gasteiger partial charge in [0.25, 0.3) is 0 Å². The second-order valence-electron chi connectivity index (χ2n) is 4.94. The summed E-state index contributed by atoms with van der Waals surface area (Å²) in [6.45, 7) is 5.20. The van der Waals surface area contributed by atoms with Gasteiger partial charge in [-0.1, -0.05) is 6.92 Å². The Morgan fingerprint density at radius 2 is 1.95 bits per heavy atom. The maximum absolute atomic E-state index is 12.2. The Morgan fingerprint density at radius 1 is 1.30 bits per heavy atom. The molecule has 5 nitrogen and oxygen atoms in total. The number of rotatable bonds is 8. The first-order chi connectivity index (χ1) is 9.55. The third-order valence-corrected chi connectivity index (χ3v) is 3.45. The first-order valence-electron chi connectivity index (χ1n) is 6.79. The van der Waals surface area contributed by atoms with Crippen LogP contribution in [0.3, 0.4) is 0 Å². The van der Waals surface area contributed by atoms with Crippen molar-refractivity contribution in [2.24, 2.45) is 11.1 Å². The number of carbonyl (C=O) groups excluding carboxylic acids is 1. The van der Waals surface area contributed by atoms with E-state index in [-0.39, 0.29) is 5.91 Å². The van der Waals surface area contributed by atoms with Crippen molar-refractivity contribution in [1.29, 1.82) is 0 Å². The van der Waals surface area contributed by atoms with Gasteiger partial charge in [0.2, 0.25) is 5.91 Å². The smallest absolute Gasteiger partial charge is 0.231 e. The SMILES string of the molecule is CCC(C)(CN)C(=O)Nc1ccc(OCCOC)cc1. The van der Waals surface area contributed by atoms with Gasteiger partial charge < -0.3 is 20.5 Å². The maximum Gasteiger partial charge on any atom is 0.231 e. The molecule has 1 aromatic carbocycles. The topological polar surface area (TPSA) is 73.6 Å². The van der Waals surface area contributed by atoms with Gasteiger partial charge in [0.1, 0.15) is 12.4 Å². The summed E-state index contributed by atoms with van der Waals surface area (Å²) in [5, 5.41) is 2.88. The van der Waals surface area contributed by atoms with Crippen LogP contribution in [0.1, 0.15) is 20.3 Å². The molecule has 20 heavy (non-hydrogen) atoms. The molecule has 1 unspecified atom stereocenters. The minimum absolute atomic E-state index is 0.0597. The molecule has 1 aromatic rings. The third kappa shape index (κ3) is 4.51. The first kappa shape index (κ1) is 16.5. The van der Waals surface area contributed by atoms with Crippen LogP contribution in [0.4, 0.5) is 5.69 Å². The molecule has 1 amide bonds. The lowest BCUT2D eigenvalue weighted by atomic mass is 9.86. The number of hydrogen-bond donors (Lipinski definition) is 2. The normalized spacial score (nSPS) is 13.6. The van der Waals surface area contributed by atoms with E-state index in [1.54, 1.807) is 7.11 Å². The lowest BCUT2D eigenvalue weighted by molar-refractivity contribution is -0.124. The molecule has 5 heteroatoms. The van der Waals surface area contributed by atoms with E-state index in [4.69, 9.17) is 15.2 Å². The molecule has 0 bridgehead atoms. The molecule has 3 N–H and O–H groups in total. The zero-order chi connectivity index (χ0) is 15.0. The van der Waals surface area contributed by atoms with Crippen LogP contribution in [0.15, 0.2) is 24.3 Å². The van der Waals surface area contributed by atoms with Crippen molar-refractivity contribution >= 4 is 11.6 Å². The van der Waals surface area contributed by atoms with Gasteiger partial charge in [-0.2, -0.15) is 0 Å². The van der Waals surface area contributed by atoms with E-state index in [1.165, 1.54) is 0 Å². The van der Waals surface area contributed by atoms with Gasteiger partial charge in [0.05, 0.1) is 12.0 Å². The molecule has 0 saturated carbocycles. The fourth-order valence-electron chi connectivity index (χ4n) is 1.56. The molecule has 0 aliphatic rings. The summed E-state index contributed by atoms with van der Waals surface area (Å²) in [4.78, 5) is 12.2. The van der Waals surface area contributed by atoms with Crippen LogP contribution in [0, 0.1) is 5.41 Å². The molecule has 1 rings (SSSR count). The molecule has 0 spiro atoms. The Bertz CT molecular complexity index is 414. The van der Waals surface area contributed by atoms with Gasteiger partial charge in [-0.05, 0) is 37.6 Å². The molecule has 0 aromatic heterocycles. The van der Waals surface area contributed by atoms with Crippen molar-refractivity contribution < 1.29 is 14.3 Å². The highest BCUT2D eigenvalue weighted by atomic mass is 16.5. The number of carbonyl (C=O) groups is 1. The Labute approximate surface area is 120 Å². The quantitative estimate of drug-likeness (QED) is 0.715. The third-order valence-electron chi connectivity index (χ3n) is 3.45. The molecule has 0 aliphatic carbocycles.